The summed E-state index contributed by atoms with van der Waals surface area (Å²) in [6.45, 7) is 2.58. The first-order chi connectivity index (χ1) is 8.56. The van der Waals surface area contributed by atoms with Crippen molar-refractivity contribution in [3.8, 4) is 0 Å². The smallest absolute Gasteiger partial charge is 0.248 e. The molecule has 1 aromatic carbocycles. The Morgan fingerprint density at radius 2 is 2.28 bits per heavy atom. The molecular weight excluding hydrogens is 228 g/mol. The van der Waals surface area contributed by atoms with E-state index >= 15 is 0 Å². The number of hydrogen-bond donors (Lipinski definition) is 2. The van der Waals surface area contributed by atoms with E-state index in [1.165, 1.54) is 0 Å². The second kappa shape index (κ2) is 4.91. The SMILES string of the molecule is Cc1nn(C)cc1NCc1cccc(C(N)=O)c1. The molecule has 0 aliphatic carbocycles. The summed E-state index contributed by atoms with van der Waals surface area (Å²) in [7, 11) is 1.88. The Morgan fingerprint density at radius 3 is 2.89 bits per heavy atom. The van der Waals surface area contributed by atoms with Crippen LogP contribution in [-0.2, 0) is 13.6 Å². The Bertz CT molecular complexity index is 574. The maximum Gasteiger partial charge on any atom is 0.248 e. The zero-order valence-electron chi connectivity index (χ0n) is 10.5. The van der Waals surface area contributed by atoms with Crippen molar-refractivity contribution in [3.05, 3.63) is 47.3 Å². The van der Waals surface area contributed by atoms with Crippen LogP contribution in [0.3, 0.4) is 0 Å². The molecule has 1 aromatic heterocycles. The van der Waals surface area contributed by atoms with Gasteiger partial charge in [-0.25, -0.2) is 0 Å². The third kappa shape index (κ3) is 2.68. The molecule has 0 fully saturated rings. The number of aryl methyl sites for hydroxylation is 2. The van der Waals surface area contributed by atoms with Crippen molar-refractivity contribution < 1.29 is 4.79 Å². The van der Waals surface area contributed by atoms with E-state index in [-0.39, 0.29) is 0 Å². The van der Waals surface area contributed by atoms with Crippen LogP contribution in [0.15, 0.2) is 30.5 Å². The summed E-state index contributed by atoms with van der Waals surface area (Å²) in [5.74, 6) is -0.408. The number of rotatable bonds is 4. The molecule has 0 bridgehead atoms. The van der Waals surface area contributed by atoms with E-state index < -0.39 is 5.91 Å². The van der Waals surface area contributed by atoms with Gasteiger partial charge in [-0.15, -0.1) is 0 Å². The summed E-state index contributed by atoms with van der Waals surface area (Å²) >= 11 is 0. The van der Waals surface area contributed by atoms with Gasteiger partial charge < -0.3 is 11.1 Å². The van der Waals surface area contributed by atoms with Gasteiger partial charge in [0.1, 0.15) is 0 Å². The van der Waals surface area contributed by atoms with Crippen molar-refractivity contribution in [1.82, 2.24) is 9.78 Å². The molecule has 2 aromatic rings. The zero-order chi connectivity index (χ0) is 13.1. The van der Waals surface area contributed by atoms with E-state index in [1.54, 1.807) is 16.8 Å². The maximum atomic E-state index is 11.1. The van der Waals surface area contributed by atoms with E-state index in [1.807, 2.05) is 32.3 Å². The van der Waals surface area contributed by atoms with Crippen molar-refractivity contribution in [1.29, 1.82) is 0 Å². The van der Waals surface area contributed by atoms with E-state index in [2.05, 4.69) is 10.4 Å². The highest BCUT2D eigenvalue weighted by Gasteiger charge is 2.04. The number of hydrogen-bond acceptors (Lipinski definition) is 3. The molecule has 5 nitrogen and oxygen atoms in total. The highest BCUT2D eigenvalue weighted by atomic mass is 16.1. The first kappa shape index (κ1) is 12.2. The molecule has 18 heavy (non-hydrogen) atoms. The summed E-state index contributed by atoms with van der Waals surface area (Å²) in [5, 5.41) is 7.53. The number of anilines is 1. The van der Waals surface area contributed by atoms with Crippen LogP contribution >= 0.6 is 0 Å². The molecule has 1 heterocycles. The molecule has 0 saturated carbocycles. The minimum atomic E-state index is -0.408. The summed E-state index contributed by atoms with van der Waals surface area (Å²) in [5.41, 5.74) is 8.71. The maximum absolute atomic E-state index is 11.1. The predicted molar refractivity (Wildman–Crippen MR) is 70.2 cm³/mol. The first-order valence-corrected chi connectivity index (χ1v) is 5.69. The largest absolute Gasteiger partial charge is 0.378 e. The number of nitrogens with two attached hydrogens (primary N) is 1. The number of carbonyl (C=O) groups is 1. The van der Waals surface area contributed by atoms with Crippen molar-refractivity contribution in [3.63, 3.8) is 0 Å². The summed E-state index contributed by atoms with van der Waals surface area (Å²) < 4.78 is 1.76. The highest BCUT2D eigenvalue weighted by Crippen LogP contribution is 2.13. The number of benzene rings is 1. The molecule has 94 valence electrons. The molecule has 0 aliphatic heterocycles. The lowest BCUT2D eigenvalue weighted by molar-refractivity contribution is 0.1000. The molecule has 0 aliphatic rings. The van der Waals surface area contributed by atoms with Gasteiger partial charge in [0, 0.05) is 25.4 Å². The predicted octanol–water partition coefficient (Wildman–Crippen LogP) is 1.44. The average Bonchev–Trinajstić information content (AvgIpc) is 2.65. The van der Waals surface area contributed by atoms with E-state index in [0.717, 1.165) is 16.9 Å². The molecule has 2 rings (SSSR count). The van der Waals surface area contributed by atoms with Crippen LogP contribution < -0.4 is 11.1 Å². The Morgan fingerprint density at radius 1 is 1.50 bits per heavy atom. The minimum Gasteiger partial charge on any atom is -0.378 e. The Labute approximate surface area is 106 Å². The Hall–Kier alpha value is -2.30. The summed E-state index contributed by atoms with van der Waals surface area (Å²) in [6.07, 6.45) is 1.92. The standard InChI is InChI=1S/C13H16N4O/c1-9-12(8-17(2)16-9)15-7-10-4-3-5-11(6-10)13(14)18/h3-6,8,15H,7H2,1-2H3,(H2,14,18). The lowest BCUT2D eigenvalue weighted by Gasteiger charge is -2.06. The van der Waals surface area contributed by atoms with Gasteiger partial charge >= 0.3 is 0 Å². The molecule has 5 heteroatoms. The number of aromatic nitrogens is 2. The van der Waals surface area contributed by atoms with Crippen LogP contribution in [0.2, 0.25) is 0 Å². The molecule has 0 saturated heterocycles. The molecular formula is C13H16N4O. The molecule has 0 spiro atoms. The Kier molecular flexibility index (Phi) is 3.32. The lowest BCUT2D eigenvalue weighted by Crippen LogP contribution is -2.11. The summed E-state index contributed by atoms with van der Waals surface area (Å²) in [6, 6.07) is 7.28. The first-order valence-electron chi connectivity index (χ1n) is 5.69. The monoisotopic (exact) mass is 244 g/mol. The number of nitrogens with one attached hydrogen (secondary N) is 1. The van der Waals surface area contributed by atoms with E-state index in [4.69, 9.17) is 5.73 Å². The van der Waals surface area contributed by atoms with E-state index in [9.17, 15) is 4.79 Å². The normalized spacial score (nSPS) is 10.3. The van der Waals surface area contributed by atoms with Crippen molar-refractivity contribution >= 4 is 11.6 Å². The third-order valence-electron chi connectivity index (χ3n) is 2.71. The van der Waals surface area contributed by atoms with Gasteiger partial charge in [-0.3, -0.25) is 9.48 Å². The molecule has 0 atom stereocenters. The second-order valence-electron chi connectivity index (χ2n) is 4.22. The minimum absolute atomic E-state index is 0.408. The lowest BCUT2D eigenvalue weighted by atomic mass is 10.1. The van der Waals surface area contributed by atoms with Crippen LogP contribution in [0.4, 0.5) is 5.69 Å². The Balaban J connectivity index is 2.08. The second-order valence-corrected chi connectivity index (χ2v) is 4.22. The fraction of sp³-hybridized carbons (Fsp3) is 0.231. The fourth-order valence-electron chi connectivity index (χ4n) is 1.80. The van der Waals surface area contributed by atoms with E-state index in [0.29, 0.717) is 12.1 Å². The van der Waals surface area contributed by atoms with Crippen molar-refractivity contribution in [2.75, 3.05) is 5.32 Å². The topological polar surface area (TPSA) is 72.9 Å². The van der Waals surface area contributed by atoms with Gasteiger partial charge in [0.05, 0.1) is 11.4 Å². The van der Waals surface area contributed by atoms with Crippen LogP contribution in [0, 0.1) is 6.92 Å². The zero-order valence-corrected chi connectivity index (χ0v) is 10.5. The summed E-state index contributed by atoms with van der Waals surface area (Å²) in [4.78, 5) is 11.1. The van der Waals surface area contributed by atoms with Crippen molar-refractivity contribution in [2.45, 2.75) is 13.5 Å². The third-order valence-corrected chi connectivity index (χ3v) is 2.71. The number of amides is 1. The quantitative estimate of drug-likeness (QED) is 0.854. The van der Waals surface area contributed by atoms with Gasteiger partial charge in [0.25, 0.3) is 0 Å². The van der Waals surface area contributed by atoms with Crippen LogP contribution in [-0.4, -0.2) is 15.7 Å². The molecule has 3 N–H and O–H groups in total. The van der Waals surface area contributed by atoms with Gasteiger partial charge in [-0.2, -0.15) is 5.10 Å². The van der Waals surface area contributed by atoms with Crippen LogP contribution in [0.25, 0.3) is 0 Å². The average molecular weight is 244 g/mol. The molecule has 0 radical (unpaired) electrons. The van der Waals surface area contributed by atoms with Gasteiger partial charge in [-0.1, -0.05) is 12.1 Å². The highest BCUT2D eigenvalue weighted by molar-refractivity contribution is 5.92. The van der Waals surface area contributed by atoms with Gasteiger partial charge in [0.2, 0.25) is 5.91 Å². The number of primary amides is 1. The van der Waals surface area contributed by atoms with Crippen molar-refractivity contribution in [2.24, 2.45) is 12.8 Å². The fourth-order valence-corrected chi connectivity index (χ4v) is 1.80. The van der Waals surface area contributed by atoms with Gasteiger partial charge in [-0.05, 0) is 24.6 Å². The molecule has 1 amide bonds. The van der Waals surface area contributed by atoms with Gasteiger partial charge in [0.15, 0.2) is 0 Å². The van der Waals surface area contributed by atoms with Crippen LogP contribution in [0.5, 0.6) is 0 Å². The number of carbonyl (C=O) groups excluding carboxylic acids is 1. The number of nitrogens with zero attached hydrogens (tertiary/aromatic N) is 2. The van der Waals surface area contributed by atoms with Crippen LogP contribution in [0.1, 0.15) is 21.6 Å². The molecule has 0 unspecified atom stereocenters.